The van der Waals surface area contributed by atoms with E-state index in [0.29, 0.717) is 29.0 Å². The van der Waals surface area contributed by atoms with E-state index in [-0.39, 0.29) is 5.91 Å². The topological polar surface area (TPSA) is 64.6 Å². The summed E-state index contributed by atoms with van der Waals surface area (Å²) in [6.45, 7) is 5.62. The number of benzene rings is 2. The Kier molecular flexibility index (Phi) is 6.17. The number of anilines is 1. The molecular weight excluding hydrogens is 318 g/mol. The van der Waals surface area contributed by atoms with E-state index in [1.807, 2.05) is 38.1 Å². The summed E-state index contributed by atoms with van der Waals surface area (Å²) in [5.41, 5.74) is 2.72. The Balaban J connectivity index is 2.16. The first kappa shape index (κ1) is 18.5. The van der Waals surface area contributed by atoms with Crippen molar-refractivity contribution in [1.82, 2.24) is 0 Å². The number of ether oxygens (including phenoxy) is 2. The zero-order valence-electron chi connectivity index (χ0n) is 15.0. The van der Waals surface area contributed by atoms with Gasteiger partial charge in [0, 0.05) is 5.69 Å². The number of hydrogen-bond acceptors (Lipinski definition) is 4. The highest BCUT2D eigenvalue weighted by Crippen LogP contribution is 2.21. The minimum absolute atomic E-state index is 0.255. The molecule has 0 spiro atoms. The summed E-state index contributed by atoms with van der Waals surface area (Å²) >= 11 is 0. The Morgan fingerprint density at radius 3 is 2.48 bits per heavy atom. The highest BCUT2D eigenvalue weighted by molar-refractivity contribution is 5.98. The minimum atomic E-state index is -0.622. The first-order valence-corrected chi connectivity index (χ1v) is 8.18. The van der Waals surface area contributed by atoms with Crippen molar-refractivity contribution in [3.8, 4) is 5.75 Å². The predicted octanol–water partition coefficient (Wildman–Crippen LogP) is 3.89. The molecule has 2 aromatic carbocycles. The highest BCUT2D eigenvalue weighted by Gasteiger charge is 2.20. The van der Waals surface area contributed by atoms with Crippen molar-refractivity contribution < 1.29 is 19.1 Å². The second-order valence-corrected chi connectivity index (χ2v) is 5.79. The van der Waals surface area contributed by atoms with E-state index < -0.39 is 12.1 Å². The molecule has 0 aliphatic rings. The van der Waals surface area contributed by atoms with Crippen LogP contribution in [0.5, 0.6) is 5.75 Å². The molecule has 0 aliphatic carbocycles. The van der Waals surface area contributed by atoms with Crippen LogP contribution in [0.1, 0.15) is 34.8 Å². The second kappa shape index (κ2) is 8.33. The fraction of sp³-hybridized carbons (Fsp3) is 0.300. The third-order valence-corrected chi connectivity index (χ3v) is 3.93. The Bertz CT molecular complexity index is 770. The molecule has 1 atom stereocenters. The zero-order chi connectivity index (χ0) is 18.4. The monoisotopic (exact) mass is 341 g/mol. The molecule has 2 rings (SSSR count). The molecule has 0 aromatic heterocycles. The maximum atomic E-state index is 12.6. The van der Waals surface area contributed by atoms with Gasteiger partial charge in [-0.2, -0.15) is 0 Å². The first-order chi connectivity index (χ1) is 12.0. The number of esters is 1. The van der Waals surface area contributed by atoms with Crippen molar-refractivity contribution in [1.29, 1.82) is 0 Å². The van der Waals surface area contributed by atoms with E-state index in [4.69, 9.17) is 9.47 Å². The maximum Gasteiger partial charge on any atom is 0.338 e. The number of nitrogens with one attached hydrogen (secondary N) is 1. The van der Waals surface area contributed by atoms with Crippen molar-refractivity contribution in [3.05, 3.63) is 59.2 Å². The normalized spacial score (nSPS) is 11.5. The molecule has 0 saturated heterocycles. The van der Waals surface area contributed by atoms with Gasteiger partial charge < -0.3 is 14.8 Å². The van der Waals surface area contributed by atoms with Crippen LogP contribution in [0.15, 0.2) is 42.5 Å². The lowest BCUT2D eigenvalue weighted by molar-refractivity contribution is -0.122. The summed E-state index contributed by atoms with van der Waals surface area (Å²) in [5.74, 6) is -0.0344. The summed E-state index contributed by atoms with van der Waals surface area (Å²) < 4.78 is 10.6. The Morgan fingerprint density at radius 1 is 1.12 bits per heavy atom. The molecule has 25 heavy (non-hydrogen) atoms. The molecule has 5 heteroatoms. The number of carbonyl (C=O) groups is 2. The fourth-order valence-electron chi connectivity index (χ4n) is 2.49. The van der Waals surface area contributed by atoms with Gasteiger partial charge >= 0.3 is 5.97 Å². The zero-order valence-corrected chi connectivity index (χ0v) is 15.0. The van der Waals surface area contributed by atoms with Gasteiger partial charge in [0.05, 0.1) is 12.7 Å². The lowest BCUT2D eigenvalue weighted by atomic mass is 10.1. The largest absolute Gasteiger partial charge is 0.481 e. The van der Waals surface area contributed by atoms with E-state index in [1.165, 1.54) is 7.11 Å². The number of amides is 1. The van der Waals surface area contributed by atoms with Crippen LogP contribution in [0, 0.1) is 13.8 Å². The van der Waals surface area contributed by atoms with Crippen molar-refractivity contribution in [2.24, 2.45) is 0 Å². The maximum absolute atomic E-state index is 12.6. The number of rotatable bonds is 6. The van der Waals surface area contributed by atoms with Gasteiger partial charge in [0.2, 0.25) is 0 Å². The average molecular weight is 341 g/mol. The summed E-state index contributed by atoms with van der Waals surface area (Å²) in [6.07, 6.45) is -0.0989. The number of methoxy groups -OCH3 is 1. The molecule has 0 saturated carbocycles. The summed E-state index contributed by atoms with van der Waals surface area (Å²) in [6, 6.07) is 12.7. The van der Waals surface area contributed by atoms with E-state index in [9.17, 15) is 9.59 Å². The van der Waals surface area contributed by atoms with Crippen LogP contribution >= 0.6 is 0 Å². The molecule has 1 N–H and O–H groups in total. The molecule has 1 unspecified atom stereocenters. The molecule has 0 bridgehead atoms. The van der Waals surface area contributed by atoms with Gasteiger partial charge in [-0.3, -0.25) is 4.79 Å². The SMILES string of the molecule is CCC(Oc1cccc(C)c1)C(=O)Nc1cccc(C(=O)OC)c1C. The molecular formula is C20H23NO4. The van der Waals surface area contributed by atoms with Crippen molar-refractivity contribution >= 4 is 17.6 Å². The molecule has 0 radical (unpaired) electrons. The van der Waals surface area contributed by atoms with Gasteiger partial charge in [0.15, 0.2) is 6.10 Å². The molecule has 5 nitrogen and oxygen atoms in total. The second-order valence-electron chi connectivity index (χ2n) is 5.79. The number of hydrogen-bond donors (Lipinski definition) is 1. The third kappa shape index (κ3) is 4.59. The summed E-state index contributed by atoms with van der Waals surface area (Å²) in [4.78, 5) is 24.4. The van der Waals surface area contributed by atoms with Crippen LogP contribution in [0.2, 0.25) is 0 Å². The molecule has 0 heterocycles. The summed E-state index contributed by atoms with van der Waals surface area (Å²) in [7, 11) is 1.33. The average Bonchev–Trinajstić information content (AvgIpc) is 2.60. The van der Waals surface area contributed by atoms with Gasteiger partial charge in [-0.15, -0.1) is 0 Å². The van der Waals surface area contributed by atoms with E-state index in [2.05, 4.69) is 5.32 Å². The van der Waals surface area contributed by atoms with Gasteiger partial charge in [-0.25, -0.2) is 4.79 Å². The minimum Gasteiger partial charge on any atom is -0.481 e. The standard InChI is InChI=1S/C20H23NO4/c1-5-18(25-15-9-6-8-13(2)12-15)19(22)21-17-11-7-10-16(14(17)3)20(23)24-4/h6-12,18H,5H2,1-4H3,(H,21,22). The first-order valence-electron chi connectivity index (χ1n) is 8.18. The number of carbonyl (C=O) groups excluding carboxylic acids is 2. The summed E-state index contributed by atoms with van der Waals surface area (Å²) in [5, 5.41) is 2.84. The van der Waals surface area contributed by atoms with Gasteiger partial charge in [-0.05, 0) is 55.7 Å². The van der Waals surface area contributed by atoms with E-state index >= 15 is 0 Å². The molecule has 1 amide bonds. The Morgan fingerprint density at radius 2 is 1.84 bits per heavy atom. The van der Waals surface area contributed by atoms with Crippen LogP contribution < -0.4 is 10.1 Å². The lowest BCUT2D eigenvalue weighted by Gasteiger charge is -2.19. The van der Waals surface area contributed by atoms with Crippen molar-refractivity contribution in [3.63, 3.8) is 0 Å². The van der Waals surface area contributed by atoms with Gasteiger partial charge in [0.1, 0.15) is 5.75 Å². The van der Waals surface area contributed by atoms with E-state index in [0.717, 1.165) is 5.56 Å². The van der Waals surface area contributed by atoms with Crippen LogP contribution in [-0.2, 0) is 9.53 Å². The number of aryl methyl sites for hydroxylation is 1. The van der Waals surface area contributed by atoms with Gasteiger partial charge in [0.25, 0.3) is 5.91 Å². The Labute approximate surface area is 148 Å². The quantitative estimate of drug-likeness (QED) is 0.810. The predicted molar refractivity (Wildman–Crippen MR) is 97.0 cm³/mol. The third-order valence-electron chi connectivity index (χ3n) is 3.93. The van der Waals surface area contributed by atoms with Crippen LogP contribution in [0.4, 0.5) is 5.69 Å². The van der Waals surface area contributed by atoms with Crippen LogP contribution in [0.25, 0.3) is 0 Å². The van der Waals surface area contributed by atoms with Gasteiger partial charge in [-0.1, -0.05) is 25.1 Å². The van der Waals surface area contributed by atoms with Crippen molar-refractivity contribution in [2.45, 2.75) is 33.3 Å². The van der Waals surface area contributed by atoms with Crippen molar-refractivity contribution in [2.75, 3.05) is 12.4 Å². The smallest absolute Gasteiger partial charge is 0.338 e. The lowest BCUT2D eigenvalue weighted by Crippen LogP contribution is -2.32. The Hall–Kier alpha value is -2.82. The molecule has 0 aliphatic heterocycles. The molecule has 2 aromatic rings. The highest BCUT2D eigenvalue weighted by atomic mass is 16.5. The van der Waals surface area contributed by atoms with E-state index in [1.54, 1.807) is 25.1 Å². The van der Waals surface area contributed by atoms with Crippen LogP contribution in [0.3, 0.4) is 0 Å². The molecule has 132 valence electrons. The van der Waals surface area contributed by atoms with Crippen LogP contribution in [-0.4, -0.2) is 25.1 Å². The fourth-order valence-corrected chi connectivity index (χ4v) is 2.49. The molecule has 0 fully saturated rings.